The lowest BCUT2D eigenvalue weighted by Gasteiger charge is -2.23. The zero-order valence-corrected chi connectivity index (χ0v) is 14.2. The smallest absolute Gasteiger partial charge is 0.222 e. The molecule has 1 heterocycles. The summed E-state index contributed by atoms with van der Waals surface area (Å²) in [5.41, 5.74) is 2.14. The Hall–Kier alpha value is -2.37. The van der Waals surface area contributed by atoms with Crippen LogP contribution in [0.4, 0.5) is 0 Å². The maximum Gasteiger partial charge on any atom is 0.222 e. The molecule has 132 valence electrons. The van der Waals surface area contributed by atoms with Crippen LogP contribution in [0.25, 0.3) is 0 Å². The molecule has 1 aliphatic rings. The third kappa shape index (κ3) is 5.89. The summed E-state index contributed by atoms with van der Waals surface area (Å²) in [4.78, 5) is 12.0. The Balaban J connectivity index is 1.45. The first-order valence-corrected chi connectivity index (χ1v) is 8.64. The van der Waals surface area contributed by atoms with Crippen LogP contribution in [0.1, 0.15) is 17.5 Å². The van der Waals surface area contributed by atoms with Crippen molar-refractivity contribution >= 4 is 5.91 Å². The van der Waals surface area contributed by atoms with Crippen LogP contribution in [0.5, 0.6) is 5.75 Å². The SMILES string of the molecule is O=C(C[C@H]1CNCCO1)NCc1cccc(OCc2ccccc2)c1. The number of hydrogen-bond acceptors (Lipinski definition) is 4. The van der Waals surface area contributed by atoms with Crippen LogP contribution in [0.3, 0.4) is 0 Å². The number of amides is 1. The minimum absolute atomic E-state index is 0.00399. The number of morpholine rings is 1. The average molecular weight is 340 g/mol. The van der Waals surface area contributed by atoms with Gasteiger partial charge in [0, 0.05) is 19.6 Å². The summed E-state index contributed by atoms with van der Waals surface area (Å²) in [6.07, 6.45) is 0.353. The van der Waals surface area contributed by atoms with E-state index in [0.29, 0.717) is 26.2 Å². The standard InChI is InChI=1S/C20H24N2O3/c23-20(12-19-14-21-9-10-24-19)22-13-17-7-4-8-18(11-17)25-15-16-5-2-1-3-6-16/h1-8,11,19,21H,9-10,12-15H2,(H,22,23)/t19-/m0/s1. The van der Waals surface area contributed by atoms with E-state index in [1.165, 1.54) is 0 Å². The predicted molar refractivity (Wildman–Crippen MR) is 96.3 cm³/mol. The molecule has 0 radical (unpaired) electrons. The quantitative estimate of drug-likeness (QED) is 0.812. The van der Waals surface area contributed by atoms with Gasteiger partial charge >= 0.3 is 0 Å². The highest BCUT2D eigenvalue weighted by Gasteiger charge is 2.16. The predicted octanol–water partition coefficient (Wildman–Crippen LogP) is 2.26. The fourth-order valence-corrected chi connectivity index (χ4v) is 2.72. The van der Waals surface area contributed by atoms with Crippen LogP contribution in [0.2, 0.25) is 0 Å². The number of hydrogen-bond donors (Lipinski definition) is 2. The van der Waals surface area contributed by atoms with E-state index in [9.17, 15) is 4.79 Å². The van der Waals surface area contributed by atoms with Gasteiger partial charge in [0.25, 0.3) is 0 Å². The molecule has 1 amide bonds. The van der Waals surface area contributed by atoms with Gasteiger partial charge in [-0.1, -0.05) is 42.5 Å². The molecule has 1 atom stereocenters. The molecule has 5 heteroatoms. The Morgan fingerprint density at radius 3 is 2.80 bits per heavy atom. The second-order valence-corrected chi connectivity index (χ2v) is 6.10. The molecule has 0 aliphatic carbocycles. The van der Waals surface area contributed by atoms with Crippen LogP contribution < -0.4 is 15.4 Å². The molecule has 0 aromatic heterocycles. The van der Waals surface area contributed by atoms with Crippen molar-refractivity contribution in [3.63, 3.8) is 0 Å². The second kappa shape index (κ2) is 9.20. The second-order valence-electron chi connectivity index (χ2n) is 6.10. The average Bonchev–Trinajstić information content (AvgIpc) is 2.67. The Morgan fingerprint density at radius 1 is 1.16 bits per heavy atom. The van der Waals surface area contributed by atoms with Gasteiger partial charge < -0.3 is 20.1 Å². The highest BCUT2D eigenvalue weighted by molar-refractivity contribution is 5.76. The van der Waals surface area contributed by atoms with Gasteiger partial charge in [-0.05, 0) is 23.3 Å². The lowest BCUT2D eigenvalue weighted by molar-refractivity contribution is -0.124. The topological polar surface area (TPSA) is 59.6 Å². The summed E-state index contributed by atoms with van der Waals surface area (Å²) in [7, 11) is 0. The fraction of sp³-hybridized carbons (Fsp3) is 0.350. The molecule has 5 nitrogen and oxygen atoms in total. The van der Waals surface area contributed by atoms with Crippen molar-refractivity contribution in [2.45, 2.75) is 25.7 Å². The maximum atomic E-state index is 12.0. The highest BCUT2D eigenvalue weighted by Crippen LogP contribution is 2.15. The van der Waals surface area contributed by atoms with E-state index in [1.807, 2.05) is 54.6 Å². The van der Waals surface area contributed by atoms with Crippen LogP contribution in [0.15, 0.2) is 54.6 Å². The van der Waals surface area contributed by atoms with E-state index in [-0.39, 0.29) is 12.0 Å². The third-order valence-electron chi connectivity index (χ3n) is 4.05. The monoisotopic (exact) mass is 340 g/mol. The van der Waals surface area contributed by atoms with E-state index < -0.39 is 0 Å². The minimum Gasteiger partial charge on any atom is -0.489 e. The number of ether oxygens (including phenoxy) is 2. The zero-order chi connectivity index (χ0) is 17.3. The van der Waals surface area contributed by atoms with E-state index in [0.717, 1.165) is 30.0 Å². The Morgan fingerprint density at radius 2 is 2.00 bits per heavy atom. The summed E-state index contributed by atoms with van der Waals surface area (Å²) >= 11 is 0. The molecule has 2 aromatic rings. The first-order chi connectivity index (χ1) is 12.3. The summed E-state index contributed by atoms with van der Waals surface area (Å²) in [5.74, 6) is 0.805. The van der Waals surface area contributed by atoms with Gasteiger partial charge in [-0.15, -0.1) is 0 Å². The number of nitrogens with one attached hydrogen (secondary N) is 2. The molecular weight excluding hydrogens is 316 g/mol. The van der Waals surface area contributed by atoms with Gasteiger partial charge in [-0.25, -0.2) is 0 Å². The van der Waals surface area contributed by atoms with Gasteiger partial charge in [0.05, 0.1) is 19.1 Å². The van der Waals surface area contributed by atoms with Crippen molar-refractivity contribution in [3.05, 3.63) is 65.7 Å². The summed E-state index contributed by atoms with van der Waals surface area (Å²) in [6.45, 7) is 3.27. The first-order valence-electron chi connectivity index (χ1n) is 8.64. The zero-order valence-electron chi connectivity index (χ0n) is 14.2. The Kier molecular flexibility index (Phi) is 6.42. The third-order valence-corrected chi connectivity index (χ3v) is 4.05. The Bertz CT molecular complexity index is 670. The Labute approximate surface area is 148 Å². The van der Waals surface area contributed by atoms with Crippen LogP contribution in [-0.4, -0.2) is 31.7 Å². The molecule has 2 N–H and O–H groups in total. The van der Waals surface area contributed by atoms with Gasteiger partial charge in [0.2, 0.25) is 5.91 Å². The van der Waals surface area contributed by atoms with Gasteiger partial charge in [0.1, 0.15) is 12.4 Å². The fourth-order valence-electron chi connectivity index (χ4n) is 2.72. The maximum absolute atomic E-state index is 12.0. The van der Waals surface area contributed by atoms with Crippen molar-refractivity contribution in [3.8, 4) is 5.75 Å². The first kappa shape index (κ1) is 17.5. The number of rotatable bonds is 7. The molecule has 0 spiro atoms. The van der Waals surface area contributed by atoms with Crippen molar-refractivity contribution in [1.82, 2.24) is 10.6 Å². The molecule has 2 aromatic carbocycles. The van der Waals surface area contributed by atoms with Crippen molar-refractivity contribution in [1.29, 1.82) is 0 Å². The van der Waals surface area contributed by atoms with Crippen LogP contribution >= 0.6 is 0 Å². The largest absolute Gasteiger partial charge is 0.489 e. The van der Waals surface area contributed by atoms with Gasteiger partial charge in [-0.2, -0.15) is 0 Å². The van der Waals surface area contributed by atoms with Crippen molar-refractivity contribution < 1.29 is 14.3 Å². The van der Waals surface area contributed by atoms with E-state index in [4.69, 9.17) is 9.47 Å². The van der Waals surface area contributed by atoms with E-state index in [2.05, 4.69) is 10.6 Å². The molecule has 1 aliphatic heterocycles. The normalized spacial score (nSPS) is 17.0. The molecule has 25 heavy (non-hydrogen) atoms. The molecule has 1 fully saturated rings. The van der Waals surface area contributed by atoms with Crippen LogP contribution in [-0.2, 0) is 22.7 Å². The van der Waals surface area contributed by atoms with Crippen LogP contribution in [0, 0.1) is 0 Å². The molecule has 3 rings (SSSR count). The molecule has 0 saturated carbocycles. The van der Waals surface area contributed by atoms with E-state index in [1.54, 1.807) is 0 Å². The van der Waals surface area contributed by atoms with Gasteiger partial charge in [0.15, 0.2) is 0 Å². The summed E-state index contributed by atoms with van der Waals surface area (Å²) in [5, 5.41) is 6.17. The number of benzene rings is 2. The van der Waals surface area contributed by atoms with Crippen molar-refractivity contribution in [2.75, 3.05) is 19.7 Å². The van der Waals surface area contributed by atoms with Gasteiger partial charge in [-0.3, -0.25) is 4.79 Å². The number of carbonyl (C=O) groups excluding carboxylic acids is 1. The number of carbonyl (C=O) groups is 1. The molecule has 1 saturated heterocycles. The van der Waals surface area contributed by atoms with Crippen molar-refractivity contribution in [2.24, 2.45) is 0 Å². The summed E-state index contributed by atoms with van der Waals surface area (Å²) in [6, 6.07) is 17.9. The molecule has 0 unspecified atom stereocenters. The highest BCUT2D eigenvalue weighted by atomic mass is 16.5. The minimum atomic E-state index is -0.0331. The van der Waals surface area contributed by atoms with E-state index >= 15 is 0 Å². The summed E-state index contributed by atoms with van der Waals surface area (Å²) < 4.78 is 11.4. The molecule has 0 bridgehead atoms. The lowest BCUT2D eigenvalue weighted by atomic mass is 10.2. The lowest BCUT2D eigenvalue weighted by Crippen LogP contribution is -2.41. The molecular formula is C20H24N2O3.